The van der Waals surface area contributed by atoms with E-state index >= 15 is 0 Å². The number of hydrogen-bond acceptors (Lipinski definition) is 2. The van der Waals surface area contributed by atoms with Crippen LogP contribution in [0.15, 0.2) is 30.6 Å². The van der Waals surface area contributed by atoms with Crippen molar-refractivity contribution in [3.8, 4) is 11.4 Å². The quantitative estimate of drug-likeness (QED) is 0.777. The second-order valence-corrected chi connectivity index (χ2v) is 4.23. The summed E-state index contributed by atoms with van der Waals surface area (Å²) < 4.78 is 2.03. The number of nitrogens with zero attached hydrogens (tertiary/aromatic N) is 2. The van der Waals surface area contributed by atoms with Gasteiger partial charge in [-0.25, -0.2) is 4.98 Å². The lowest BCUT2D eigenvalue weighted by molar-refractivity contribution is 0.112. The summed E-state index contributed by atoms with van der Waals surface area (Å²) in [6.07, 6.45) is 5.49. The molecule has 0 fully saturated rings. The lowest BCUT2D eigenvalue weighted by Crippen LogP contribution is -2.00. The van der Waals surface area contributed by atoms with E-state index in [0.29, 0.717) is 10.6 Å². The first kappa shape index (κ1) is 11.9. The molecule has 2 aromatic rings. The molecule has 4 heteroatoms. The monoisotopic (exact) mass is 248 g/mol. The Balaban J connectivity index is 2.54. The number of benzene rings is 1. The van der Waals surface area contributed by atoms with Crippen molar-refractivity contribution in [2.75, 3.05) is 0 Å². The van der Waals surface area contributed by atoms with Crippen LogP contribution in [-0.4, -0.2) is 15.8 Å². The largest absolute Gasteiger partial charge is 0.331 e. The van der Waals surface area contributed by atoms with E-state index in [2.05, 4.69) is 11.9 Å². The zero-order chi connectivity index (χ0) is 12.3. The summed E-state index contributed by atoms with van der Waals surface area (Å²) in [6.45, 7) is 2.97. The number of imidazole rings is 1. The number of halogens is 1. The van der Waals surface area contributed by atoms with E-state index in [1.54, 1.807) is 24.4 Å². The Bertz CT molecular complexity index is 534. The molecule has 0 aliphatic heterocycles. The van der Waals surface area contributed by atoms with Gasteiger partial charge < -0.3 is 4.57 Å². The second kappa shape index (κ2) is 5.15. The Kier molecular flexibility index (Phi) is 3.59. The Morgan fingerprint density at radius 2 is 2.29 bits per heavy atom. The van der Waals surface area contributed by atoms with Crippen molar-refractivity contribution in [2.24, 2.45) is 0 Å². The molecule has 0 unspecified atom stereocenters. The van der Waals surface area contributed by atoms with Crippen molar-refractivity contribution in [1.82, 2.24) is 9.55 Å². The van der Waals surface area contributed by atoms with Gasteiger partial charge in [0, 0.05) is 35.1 Å². The van der Waals surface area contributed by atoms with Crippen molar-refractivity contribution in [3.05, 3.63) is 41.2 Å². The van der Waals surface area contributed by atoms with Crippen molar-refractivity contribution >= 4 is 17.9 Å². The molecule has 88 valence electrons. The second-order valence-electron chi connectivity index (χ2n) is 3.79. The Labute approximate surface area is 105 Å². The highest BCUT2D eigenvalue weighted by molar-refractivity contribution is 6.31. The summed E-state index contributed by atoms with van der Waals surface area (Å²) in [7, 11) is 0. The van der Waals surface area contributed by atoms with E-state index in [1.807, 2.05) is 10.8 Å². The molecule has 0 saturated heterocycles. The van der Waals surface area contributed by atoms with Crippen LogP contribution in [-0.2, 0) is 6.54 Å². The van der Waals surface area contributed by atoms with Gasteiger partial charge in [-0.05, 0) is 24.6 Å². The molecule has 17 heavy (non-hydrogen) atoms. The van der Waals surface area contributed by atoms with Crippen LogP contribution in [0.2, 0.25) is 5.02 Å². The fraction of sp³-hybridized carbons (Fsp3) is 0.231. The van der Waals surface area contributed by atoms with Gasteiger partial charge in [0.25, 0.3) is 0 Å². The Morgan fingerprint density at radius 3 is 3.00 bits per heavy atom. The number of rotatable bonds is 4. The Hall–Kier alpha value is -1.61. The fourth-order valence-corrected chi connectivity index (χ4v) is 1.97. The van der Waals surface area contributed by atoms with E-state index in [9.17, 15) is 4.79 Å². The predicted molar refractivity (Wildman–Crippen MR) is 68.4 cm³/mol. The highest BCUT2D eigenvalue weighted by atomic mass is 35.5. The van der Waals surface area contributed by atoms with E-state index < -0.39 is 0 Å². The molecular weight excluding hydrogens is 236 g/mol. The van der Waals surface area contributed by atoms with E-state index in [4.69, 9.17) is 11.6 Å². The third-order valence-corrected chi connectivity index (χ3v) is 2.80. The van der Waals surface area contributed by atoms with Crippen LogP contribution < -0.4 is 0 Å². The number of aldehydes is 1. The van der Waals surface area contributed by atoms with Crippen molar-refractivity contribution < 1.29 is 4.79 Å². The fourth-order valence-electron chi connectivity index (χ4n) is 1.80. The SMILES string of the molecule is CCCn1ccnc1-c1cc(Cl)ccc1C=O. The summed E-state index contributed by atoms with van der Waals surface area (Å²) in [6, 6.07) is 5.21. The number of carbonyl (C=O) groups excluding carboxylic acids is 1. The minimum Gasteiger partial charge on any atom is -0.331 e. The first-order valence-electron chi connectivity index (χ1n) is 5.52. The zero-order valence-electron chi connectivity index (χ0n) is 9.56. The predicted octanol–water partition coefficient (Wildman–Crippen LogP) is 3.43. The van der Waals surface area contributed by atoms with Crippen LogP contribution in [0, 0.1) is 0 Å². The maximum atomic E-state index is 11.0. The number of aromatic nitrogens is 2. The van der Waals surface area contributed by atoms with Crippen LogP contribution in [0.25, 0.3) is 11.4 Å². The summed E-state index contributed by atoms with van der Waals surface area (Å²) in [4.78, 5) is 15.3. The average Bonchev–Trinajstić information content (AvgIpc) is 2.77. The van der Waals surface area contributed by atoms with Crippen LogP contribution in [0.3, 0.4) is 0 Å². The van der Waals surface area contributed by atoms with Crippen molar-refractivity contribution in [1.29, 1.82) is 0 Å². The number of hydrogen-bond donors (Lipinski definition) is 0. The molecular formula is C13H13ClN2O. The van der Waals surface area contributed by atoms with Gasteiger partial charge in [0.2, 0.25) is 0 Å². The maximum Gasteiger partial charge on any atom is 0.150 e. The highest BCUT2D eigenvalue weighted by Gasteiger charge is 2.10. The van der Waals surface area contributed by atoms with Gasteiger partial charge in [-0.2, -0.15) is 0 Å². The van der Waals surface area contributed by atoms with Gasteiger partial charge in [-0.3, -0.25) is 4.79 Å². The third kappa shape index (κ3) is 2.39. The number of carbonyl (C=O) groups is 1. The van der Waals surface area contributed by atoms with Crippen molar-refractivity contribution in [3.63, 3.8) is 0 Å². The van der Waals surface area contributed by atoms with E-state index in [1.165, 1.54) is 0 Å². The van der Waals surface area contributed by atoms with Gasteiger partial charge >= 0.3 is 0 Å². The van der Waals surface area contributed by atoms with Gasteiger partial charge in [-0.1, -0.05) is 18.5 Å². The molecule has 0 amide bonds. The normalized spacial score (nSPS) is 10.5. The minimum absolute atomic E-state index is 0.608. The Morgan fingerprint density at radius 1 is 1.47 bits per heavy atom. The molecule has 0 N–H and O–H groups in total. The molecule has 1 heterocycles. The molecule has 0 bridgehead atoms. The molecule has 3 nitrogen and oxygen atoms in total. The maximum absolute atomic E-state index is 11.0. The molecule has 0 radical (unpaired) electrons. The van der Waals surface area contributed by atoms with E-state index in [0.717, 1.165) is 30.6 Å². The smallest absolute Gasteiger partial charge is 0.150 e. The standard InChI is InChI=1S/C13H13ClN2O/c1-2-6-16-7-5-15-13(16)12-8-11(14)4-3-10(12)9-17/h3-5,7-9H,2,6H2,1H3. The summed E-state index contributed by atoms with van der Waals surface area (Å²) in [5.41, 5.74) is 1.39. The molecule has 2 rings (SSSR count). The first-order chi connectivity index (χ1) is 8.26. The molecule has 0 saturated carbocycles. The zero-order valence-corrected chi connectivity index (χ0v) is 10.3. The van der Waals surface area contributed by atoms with Crippen LogP contribution >= 0.6 is 11.6 Å². The first-order valence-corrected chi connectivity index (χ1v) is 5.90. The topological polar surface area (TPSA) is 34.9 Å². The summed E-state index contributed by atoms with van der Waals surface area (Å²) in [5.74, 6) is 0.788. The summed E-state index contributed by atoms with van der Waals surface area (Å²) >= 11 is 5.97. The van der Waals surface area contributed by atoms with Gasteiger partial charge in [-0.15, -0.1) is 0 Å². The van der Waals surface area contributed by atoms with Crippen LogP contribution in [0.1, 0.15) is 23.7 Å². The van der Waals surface area contributed by atoms with Crippen LogP contribution in [0.5, 0.6) is 0 Å². The van der Waals surface area contributed by atoms with Crippen molar-refractivity contribution in [2.45, 2.75) is 19.9 Å². The average molecular weight is 249 g/mol. The van der Waals surface area contributed by atoms with Gasteiger partial charge in [0.15, 0.2) is 6.29 Å². The number of aryl methyl sites for hydroxylation is 1. The molecule has 0 atom stereocenters. The molecule has 1 aromatic heterocycles. The van der Waals surface area contributed by atoms with Gasteiger partial charge in [0.1, 0.15) is 5.82 Å². The van der Waals surface area contributed by atoms with Crippen LogP contribution in [0.4, 0.5) is 0 Å². The minimum atomic E-state index is 0.608. The third-order valence-electron chi connectivity index (χ3n) is 2.56. The molecule has 0 aliphatic rings. The van der Waals surface area contributed by atoms with E-state index in [-0.39, 0.29) is 0 Å². The lowest BCUT2D eigenvalue weighted by Gasteiger charge is -2.08. The highest BCUT2D eigenvalue weighted by Crippen LogP contribution is 2.25. The molecule has 1 aromatic carbocycles. The molecule has 0 aliphatic carbocycles. The molecule has 0 spiro atoms. The summed E-state index contributed by atoms with van der Waals surface area (Å²) in [5, 5.41) is 0.608. The van der Waals surface area contributed by atoms with Gasteiger partial charge in [0.05, 0.1) is 0 Å². The lowest BCUT2D eigenvalue weighted by atomic mass is 10.1.